The van der Waals surface area contributed by atoms with Crippen LogP contribution >= 0.6 is 0 Å². The van der Waals surface area contributed by atoms with Gasteiger partial charge in [0.15, 0.2) is 0 Å². The number of carbonyl (C=O) groups excluding carboxylic acids is 3. The second-order valence-electron chi connectivity index (χ2n) is 10.7. The van der Waals surface area contributed by atoms with Gasteiger partial charge < -0.3 is 14.4 Å². The van der Waals surface area contributed by atoms with E-state index in [1.807, 2.05) is 18.2 Å². The van der Waals surface area contributed by atoms with E-state index in [1.54, 1.807) is 4.90 Å². The smallest absolute Gasteiger partial charge is 0.255 e. The van der Waals surface area contributed by atoms with Crippen molar-refractivity contribution in [1.29, 1.82) is 0 Å². The largest absolute Gasteiger partial charge is 0.489 e. The van der Waals surface area contributed by atoms with Gasteiger partial charge in [-0.1, -0.05) is 0 Å². The van der Waals surface area contributed by atoms with Crippen molar-refractivity contribution in [2.45, 2.75) is 76.1 Å². The van der Waals surface area contributed by atoms with E-state index in [2.05, 4.69) is 10.2 Å². The van der Waals surface area contributed by atoms with Crippen molar-refractivity contribution >= 4 is 17.7 Å². The third-order valence-corrected chi connectivity index (χ3v) is 8.71. The molecule has 5 aliphatic rings. The Balaban J connectivity index is 1.11. The molecule has 1 N–H and O–H groups in total. The lowest BCUT2D eigenvalue weighted by molar-refractivity contribution is -0.136. The topological polar surface area (TPSA) is 88.2 Å². The average molecular weight is 468 g/mol. The van der Waals surface area contributed by atoms with Gasteiger partial charge in [0.1, 0.15) is 17.9 Å². The van der Waals surface area contributed by atoms with Crippen molar-refractivity contribution < 1.29 is 23.9 Å². The third-order valence-electron chi connectivity index (χ3n) is 8.71. The predicted octanol–water partition coefficient (Wildman–Crippen LogP) is 2.25. The Morgan fingerprint density at radius 3 is 2.68 bits per heavy atom. The molecule has 4 aliphatic heterocycles. The van der Waals surface area contributed by atoms with E-state index in [1.165, 1.54) is 32.1 Å². The number of likely N-dealkylation sites (tertiary alicyclic amines) is 1. The van der Waals surface area contributed by atoms with Gasteiger partial charge in [-0.25, -0.2) is 0 Å². The number of hydrogen-bond donors (Lipinski definition) is 1. The number of nitrogens with one attached hydrogen (secondary N) is 1. The first-order valence-corrected chi connectivity index (χ1v) is 12.8. The predicted molar refractivity (Wildman–Crippen MR) is 123 cm³/mol. The molecule has 182 valence electrons. The number of rotatable bonds is 4. The molecule has 1 saturated carbocycles. The normalized spacial score (nSPS) is 31.2. The fraction of sp³-hybridized carbons (Fsp3) is 0.654. The Morgan fingerprint density at radius 2 is 1.91 bits per heavy atom. The van der Waals surface area contributed by atoms with Crippen molar-refractivity contribution in [3.8, 4) is 5.75 Å². The van der Waals surface area contributed by atoms with Crippen LogP contribution in [0, 0.1) is 5.41 Å². The fourth-order valence-electron chi connectivity index (χ4n) is 6.63. The molecule has 0 bridgehead atoms. The maximum atomic E-state index is 12.9. The lowest BCUT2D eigenvalue weighted by Gasteiger charge is -2.42. The van der Waals surface area contributed by atoms with Crippen LogP contribution in [-0.2, 0) is 20.9 Å². The van der Waals surface area contributed by atoms with Crippen LogP contribution in [0.3, 0.4) is 0 Å². The summed E-state index contributed by atoms with van der Waals surface area (Å²) in [5.74, 6) is 0.00185. The van der Waals surface area contributed by atoms with Gasteiger partial charge in [0.25, 0.3) is 5.91 Å². The van der Waals surface area contributed by atoms with Gasteiger partial charge in [-0.2, -0.15) is 0 Å². The van der Waals surface area contributed by atoms with Crippen molar-refractivity contribution in [3.63, 3.8) is 0 Å². The molecule has 0 radical (unpaired) electrons. The highest BCUT2D eigenvalue weighted by atomic mass is 16.5. The lowest BCUT2D eigenvalue weighted by Crippen LogP contribution is -2.52. The third kappa shape index (κ3) is 3.90. The summed E-state index contributed by atoms with van der Waals surface area (Å²) >= 11 is 0. The Bertz CT molecular complexity index is 994. The lowest BCUT2D eigenvalue weighted by atomic mass is 9.77. The molecule has 4 fully saturated rings. The molecule has 34 heavy (non-hydrogen) atoms. The summed E-state index contributed by atoms with van der Waals surface area (Å²) in [4.78, 5) is 40.9. The van der Waals surface area contributed by atoms with Crippen molar-refractivity contribution in [2.75, 3.05) is 26.3 Å². The van der Waals surface area contributed by atoms with Gasteiger partial charge in [0, 0.05) is 31.2 Å². The van der Waals surface area contributed by atoms with E-state index in [4.69, 9.17) is 9.47 Å². The number of hydrogen-bond acceptors (Lipinski definition) is 6. The molecule has 0 aromatic heterocycles. The molecule has 8 heteroatoms. The van der Waals surface area contributed by atoms with E-state index in [9.17, 15) is 14.4 Å². The summed E-state index contributed by atoms with van der Waals surface area (Å²) in [5, 5.41) is 2.36. The Kier molecular flexibility index (Phi) is 5.60. The Hall–Kier alpha value is -2.45. The second kappa shape index (κ2) is 8.64. The Morgan fingerprint density at radius 1 is 1.06 bits per heavy atom. The summed E-state index contributed by atoms with van der Waals surface area (Å²) in [6.45, 7) is 4.45. The van der Waals surface area contributed by atoms with E-state index < -0.39 is 6.04 Å². The highest BCUT2D eigenvalue weighted by molar-refractivity contribution is 6.05. The average Bonchev–Trinajstić information content (AvgIpc) is 3.55. The molecule has 1 aromatic rings. The molecule has 8 nitrogen and oxygen atoms in total. The van der Waals surface area contributed by atoms with Crippen molar-refractivity contribution in [3.05, 3.63) is 29.3 Å². The highest BCUT2D eigenvalue weighted by Gasteiger charge is 2.43. The van der Waals surface area contributed by atoms with E-state index in [0.29, 0.717) is 30.0 Å². The molecule has 1 unspecified atom stereocenters. The minimum Gasteiger partial charge on any atom is -0.489 e. The molecule has 6 rings (SSSR count). The first kappa shape index (κ1) is 22.0. The number of fused-ring (bicyclic) bond motifs is 1. The standard InChI is InChI=1S/C26H33N3O5/c30-23-7-6-21(24(31)27-23)29-15-17-14-18(4-5-19(17)25(29)32)34-22-3-1-2-20(22)28-11-8-26(9-12-28)10-13-33-16-26/h4-5,14,20-22H,1-3,6-13,15-16H2,(H,27,30,31)/t20-,21?,22-/m1/s1. The molecule has 3 amide bonds. The maximum absolute atomic E-state index is 12.9. The number of carbonyl (C=O) groups is 3. The fourth-order valence-corrected chi connectivity index (χ4v) is 6.63. The molecule has 3 saturated heterocycles. The van der Waals surface area contributed by atoms with Crippen LogP contribution in [0.25, 0.3) is 0 Å². The van der Waals surface area contributed by atoms with Gasteiger partial charge in [0.2, 0.25) is 11.8 Å². The molecule has 1 aromatic carbocycles. The number of piperidine rings is 2. The monoisotopic (exact) mass is 467 g/mol. The van der Waals surface area contributed by atoms with Gasteiger partial charge in [0.05, 0.1) is 6.61 Å². The molecule has 1 aliphatic carbocycles. The van der Waals surface area contributed by atoms with Crippen molar-refractivity contribution in [2.24, 2.45) is 5.41 Å². The molecular formula is C26H33N3O5. The summed E-state index contributed by atoms with van der Waals surface area (Å²) in [6, 6.07) is 5.54. The van der Waals surface area contributed by atoms with E-state index >= 15 is 0 Å². The van der Waals surface area contributed by atoms with E-state index in [0.717, 1.165) is 44.0 Å². The van der Waals surface area contributed by atoms with Crippen LogP contribution in [-0.4, -0.2) is 72.0 Å². The number of amides is 3. The van der Waals surface area contributed by atoms with Crippen LogP contribution < -0.4 is 10.1 Å². The maximum Gasteiger partial charge on any atom is 0.255 e. The second-order valence-corrected chi connectivity index (χ2v) is 10.7. The van der Waals surface area contributed by atoms with Gasteiger partial charge in [-0.15, -0.1) is 0 Å². The highest BCUT2D eigenvalue weighted by Crippen LogP contribution is 2.41. The zero-order valence-electron chi connectivity index (χ0n) is 19.6. The SMILES string of the molecule is O=C1CCC(N2Cc3cc(O[C@@H]4CCC[C@H]4N4CCC5(CCOC5)CC4)ccc3C2=O)C(=O)N1. The number of imide groups is 1. The summed E-state index contributed by atoms with van der Waals surface area (Å²) in [6.07, 6.45) is 7.83. The van der Waals surface area contributed by atoms with Gasteiger partial charge >= 0.3 is 0 Å². The summed E-state index contributed by atoms with van der Waals surface area (Å²) in [5.41, 5.74) is 1.93. The van der Waals surface area contributed by atoms with Crippen LogP contribution in [0.4, 0.5) is 0 Å². The van der Waals surface area contributed by atoms with Crippen molar-refractivity contribution in [1.82, 2.24) is 15.1 Å². The number of nitrogens with zero attached hydrogens (tertiary/aromatic N) is 2. The molecule has 1 spiro atoms. The van der Waals surface area contributed by atoms with Gasteiger partial charge in [-0.3, -0.25) is 24.6 Å². The zero-order chi connectivity index (χ0) is 23.3. The van der Waals surface area contributed by atoms with Crippen LogP contribution in [0.1, 0.15) is 67.3 Å². The minimum atomic E-state index is -0.589. The Labute approximate surface area is 199 Å². The quantitative estimate of drug-likeness (QED) is 0.684. The molecule has 3 atom stereocenters. The number of benzene rings is 1. The summed E-state index contributed by atoms with van der Waals surface area (Å²) < 4.78 is 12.2. The first-order valence-electron chi connectivity index (χ1n) is 12.8. The summed E-state index contributed by atoms with van der Waals surface area (Å²) in [7, 11) is 0. The van der Waals surface area contributed by atoms with Crippen LogP contribution in [0.15, 0.2) is 18.2 Å². The molecular weight excluding hydrogens is 434 g/mol. The van der Waals surface area contributed by atoms with Crippen LogP contribution in [0.2, 0.25) is 0 Å². The van der Waals surface area contributed by atoms with E-state index in [-0.39, 0.29) is 30.2 Å². The molecule has 4 heterocycles. The number of ether oxygens (including phenoxy) is 2. The zero-order valence-corrected chi connectivity index (χ0v) is 19.6. The van der Waals surface area contributed by atoms with Gasteiger partial charge in [-0.05, 0) is 87.2 Å². The van der Waals surface area contributed by atoms with Crippen LogP contribution in [0.5, 0.6) is 5.75 Å². The first-order chi connectivity index (χ1) is 16.5. The minimum absolute atomic E-state index is 0.145.